The number of aliphatic hydroxyl groups excluding tert-OH is 2. The second-order valence-corrected chi connectivity index (χ2v) is 5.43. The highest BCUT2D eigenvalue weighted by Gasteiger charge is 2.65. The molecule has 0 radical (unpaired) electrons. The summed E-state index contributed by atoms with van der Waals surface area (Å²) in [6.07, 6.45) is 2.38. The maximum absolute atomic E-state index is 10.0. The van der Waals surface area contributed by atoms with E-state index in [0.717, 1.165) is 12.8 Å². The summed E-state index contributed by atoms with van der Waals surface area (Å²) in [6, 6.07) is 0. The third kappa shape index (κ3) is 0.861. The van der Waals surface area contributed by atoms with Crippen LogP contribution in [0.15, 0.2) is 0 Å². The Balaban J connectivity index is 2.43. The van der Waals surface area contributed by atoms with Crippen molar-refractivity contribution < 1.29 is 10.2 Å². The van der Waals surface area contributed by atoms with Crippen molar-refractivity contribution in [3.8, 4) is 0 Å². The largest absolute Gasteiger partial charge is 0.393 e. The Morgan fingerprint density at radius 1 is 1.38 bits per heavy atom. The van der Waals surface area contributed by atoms with Gasteiger partial charge in [0.25, 0.3) is 0 Å². The van der Waals surface area contributed by atoms with Crippen molar-refractivity contribution in [1.82, 2.24) is 0 Å². The first-order valence-corrected chi connectivity index (χ1v) is 5.29. The normalized spacial score (nSPS) is 49.6. The molecule has 0 saturated heterocycles. The van der Waals surface area contributed by atoms with E-state index >= 15 is 0 Å². The molecule has 0 aliphatic heterocycles. The van der Waals surface area contributed by atoms with Crippen LogP contribution in [0.2, 0.25) is 0 Å². The molecule has 2 fully saturated rings. The number of hydrogen-bond donors (Lipinski definition) is 2. The van der Waals surface area contributed by atoms with Crippen LogP contribution >= 0.6 is 0 Å². The van der Waals surface area contributed by atoms with Crippen LogP contribution < -0.4 is 0 Å². The summed E-state index contributed by atoms with van der Waals surface area (Å²) in [5, 5.41) is 19.9. The van der Waals surface area contributed by atoms with Crippen molar-refractivity contribution in [3.63, 3.8) is 0 Å². The van der Waals surface area contributed by atoms with Crippen LogP contribution in [0.1, 0.15) is 40.0 Å². The second-order valence-electron chi connectivity index (χ2n) is 5.43. The van der Waals surface area contributed by atoms with Gasteiger partial charge in [-0.25, -0.2) is 0 Å². The summed E-state index contributed by atoms with van der Waals surface area (Å²) < 4.78 is 0. The van der Waals surface area contributed by atoms with Gasteiger partial charge in [-0.3, -0.25) is 0 Å². The Bertz CT molecular complexity index is 222. The van der Waals surface area contributed by atoms with Gasteiger partial charge in [-0.2, -0.15) is 0 Å². The van der Waals surface area contributed by atoms with Crippen LogP contribution in [0, 0.1) is 16.7 Å². The Kier molecular flexibility index (Phi) is 1.81. The molecule has 0 spiro atoms. The van der Waals surface area contributed by atoms with E-state index in [-0.39, 0.29) is 23.0 Å². The average Bonchev–Trinajstić information content (AvgIpc) is 2.35. The molecule has 13 heavy (non-hydrogen) atoms. The third-order valence-corrected chi connectivity index (χ3v) is 4.97. The molecule has 4 atom stereocenters. The first-order chi connectivity index (χ1) is 5.93. The van der Waals surface area contributed by atoms with E-state index in [4.69, 9.17) is 0 Å². The minimum absolute atomic E-state index is 0.112. The van der Waals surface area contributed by atoms with E-state index in [0.29, 0.717) is 5.92 Å². The van der Waals surface area contributed by atoms with Crippen LogP contribution in [0.4, 0.5) is 0 Å². The lowest BCUT2D eigenvalue weighted by atomic mass is 9.65. The van der Waals surface area contributed by atoms with Crippen LogP contribution in [0.3, 0.4) is 0 Å². The van der Waals surface area contributed by atoms with Crippen molar-refractivity contribution in [2.45, 2.75) is 52.2 Å². The summed E-state index contributed by atoms with van der Waals surface area (Å²) in [7, 11) is 0. The summed E-state index contributed by atoms with van der Waals surface area (Å²) in [5.74, 6) is 0.608. The molecule has 0 aromatic rings. The molecule has 2 saturated carbocycles. The summed E-state index contributed by atoms with van der Waals surface area (Å²) in [4.78, 5) is 0. The summed E-state index contributed by atoms with van der Waals surface area (Å²) in [5.41, 5.74) is -0.113. The summed E-state index contributed by atoms with van der Waals surface area (Å²) >= 11 is 0. The molecule has 2 N–H and O–H groups in total. The Morgan fingerprint density at radius 2 is 2.00 bits per heavy atom. The van der Waals surface area contributed by atoms with Gasteiger partial charge in [0, 0.05) is 5.41 Å². The highest BCUT2D eigenvalue weighted by molar-refractivity contribution is 5.14. The fourth-order valence-electron chi connectivity index (χ4n) is 3.99. The Morgan fingerprint density at radius 3 is 2.23 bits per heavy atom. The van der Waals surface area contributed by atoms with Crippen LogP contribution in [-0.4, -0.2) is 22.4 Å². The zero-order valence-corrected chi connectivity index (χ0v) is 8.75. The molecule has 2 bridgehead atoms. The minimum atomic E-state index is -0.384. The number of fused-ring (bicyclic) bond motifs is 2. The Hall–Kier alpha value is -0.0800. The molecule has 2 aliphatic rings. The molecule has 2 rings (SSSR count). The fourth-order valence-corrected chi connectivity index (χ4v) is 3.99. The van der Waals surface area contributed by atoms with Gasteiger partial charge in [0.2, 0.25) is 0 Å². The first-order valence-electron chi connectivity index (χ1n) is 5.29. The molecule has 2 aliphatic carbocycles. The van der Waals surface area contributed by atoms with Gasteiger partial charge in [-0.15, -0.1) is 0 Å². The van der Waals surface area contributed by atoms with E-state index in [9.17, 15) is 10.2 Å². The number of hydrogen-bond acceptors (Lipinski definition) is 2. The standard InChI is InChI=1S/C11H20O2/c1-7(12)11-5-4-8(6-9(11)13)10(11,2)3/h7-9,12-13H,4-6H2,1-3H3/t7-,8-,9-,11-/m1/s1. The summed E-state index contributed by atoms with van der Waals surface area (Å²) in [6.45, 7) is 6.24. The van der Waals surface area contributed by atoms with Crippen LogP contribution in [-0.2, 0) is 0 Å². The lowest BCUT2D eigenvalue weighted by molar-refractivity contribution is -0.0894. The van der Waals surface area contributed by atoms with E-state index in [2.05, 4.69) is 13.8 Å². The van der Waals surface area contributed by atoms with Gasteiger partial charge < -0.3 is 10.2 Å². The van der Waals surface area contributed by atoms with Gasteiger partial charge in [0.15, 0.2) is 0 Å². The quantitative estimate of drug-likeness (QED) is 0.649. The zero-order valence-electron chi connectivity index (χ0n) is 8.75. The highest BCUT2D eigenvalue weighted by Crippen LogP contribution is 2.66. The SMILES string of the molecule is C[C@@H](O)[C@]12CC[C@H](C[C@H]1O)C2(C)C. The molecule has 0 unspecified atom stereocenters. The van der Waals surface area contributed by atoms with E-state index in [1.54, 1.807) is 0 Å². The Labute approximate surface area is 80.0 Å². The maximum Gasteiger partial charge on any atom is 0.0629 e. The lowest BCUT2D eigenvalue weighted by Crippen LogP contribution is -2.47. The zero-order chi connectivity index (χ0) is 9.85. The monoisotopic (exact) mass is 184 g/mol. The average molecular weight is 184 g/mol. The lowest BCUT2D eigenvalue weighted by Gasteiger charge is -2.43. The van der Waals surface area contributed by atoms with Gasteiger partial charge in [-0.05, 0) is 37.5 Å². The molecule has 0 amide bonds. The predicted molar refractivity (Wildman–Crippen MR) is 51.2 cm³/mol. The highest BCUT2D eigenvalue weighted by atomic mass is 16.3. The predicted octanol–water partition coefficient (Wildman–Crippen LogP) is 1.55. The molecule has 2 nitrogen and oxygen atoms in total. The van der Waals surface area contributed by atoms with Crippen molar-refractivity contribution >= 4 is 0 Å². The van der Waals surface area contributed by atoms with Gasteiger partial charge in [0.1, 0.15) is 0 Å². The molecule has 0 aromatic heterocycles. The number of rotatable bonds is 1. The fraction of sp³-hybridized carbons (Fsp3) is 1.00. The molecular formula is C11H20O2. The molecule has 2 heteroatoms. The molecular weight excluding hydrogens is 164 g/mol. The molecule has 76 valence electrons. The van der Waals surface area contributed by atoms with Gasteiger partial charge in [0.05, 0.1) is 12.2 Å². The number of aliphatic hydroxyl groups is 2. The molecule has 0 aromatic carbocycles. The first kappa shape index (κ1) is 9.47. The maximum atomic E-state index is 10.0. The van der Waals surface area contributed by atoms with E-state index < -0.39 is 0 Å². The van der Waals surface area contributed by atoms with Gasteiger partial charge >= 0.3 is 0 Å². The smallest absolute Gasteiger partial charge is 0.0629 e. The third-order valence-electron chi connectivity index (χ3n) is 4.97. The van der Waals surface area contributed by atoms with Crippen LogP contribution in [0.25, 0.3) is 0 Å². The van der Waals surface area contributed by atoms with E-state index in [1.807, 2.05) is 6.92 Å². The van der Waals surface area contributed by atoms with Crippen molar-refractivity contribution in [3.05, 3.63) is 0 Å². The van der Waals surface area contributed by atoms with Crippen molar-refractivity contribution in [2.75, 3.05) is 0 Å². The van der Waals surface area contributed by atoms with Crippen molar-refractivity contribution in [2.24, 2.45) is 16.7 Å². The topological polar surface area (TPSA) is 40.5 Å². The van der Waals surface area contributed by atoms with Gasteiger partial charge in [-0.1, -0.05) is 13.8 Å². The van der Waals surface area contributed by atoms with E-state index in [1.165, 1.54) is 6.42 Å². The van der Waals surface area contributed by atoms with Crippen molar-refractivity contribution in [1.29, 1.82) is 0 Å². The molecule has 0 heterocycles. The second kappa shape index (κ2) is 2.48. The minimum Gasteiger partial charge on any atom is -0.393 e. The van der Waals surface area contributed by atoms with Crippen LogP contribution in [0.5, 0.6) is 0 Å².